The van der Waals surface area contributed by atoms with Crippen molar-refractivity contribution in [3.8, 4) is 0 Å². The molecule has 1 aliphatic heterocycles. The van der Waals surface area contributed by atoms with E-state index < -0.39 is 5.60 Å². The van der Waals surface area contributed by atoms with Crippen molar-refractivity contribution in [3.63, 3.8) is 0 Å². The van der Waals surface area contributed by atoms with Crippen LogP contribution in [0.4, 0.5) is 0 Å². The molecular weight excluding hydrogens is 188 g/mol. The van der Waals surface area contributed by atoms with Crippen molar-refractivity contribution >= 4 is 0 Å². The Morgan fingerprint density at radius 3 is 2.80 bits per heavy atom. The van der Waals surface area contributed by atoms with E-state index in [-0.39, 0.29) is 5.92 Å². The van der Waals surface area contributed by atoms with E-state index in [1.807, 2.05) is 30.3 Å². The molecular formula is C12H18N2O. The molecule has 2 unspecified atom stereocenters. The van der Waals surface area contributed by atoms with Gasteiger partial charge in [-0.25, -0.2) is 0 Å². The quantitative estimate of drug-likeness (QED) is 0.658. The maximum absolute atomic E-state index is 10.7. The molecule has 0 amide bonds. The minimum Gasteiger partial charge on any atom is -0.385 e. The number of hydrogen-bond donors (Lipinski definition) is 3. The highest BCUT2D eigenvalue weighted by molar-refractivity contribution is 5.24. The first kappa shape index (κ1) is 10.6. The molecule has 0 spiro atoms. The molecule has 0 bridgehead atoms. The predicted octanol–water partition coefficient (Wildman–Crippen LogP) is 0.442. The van der Waals surface area contributed by atoms with Gasteiger partial charge in [0.2, 0.25) is 0 Å². The lowest BCUT2D eigenvalue weighted by molar-refractivity contribution is -0.0428. The second kappa shape index (κ2) is 4.31. The Hall–Kier alpha value is -0.900. The normalized spacial score (nSPS) is 31.5. The molecule has 2 atom stereocenters. The van der Waals surface area contributed by atoms with E-state index in [0.717, 1.165) is 25.1 Å². The van der Waals surface area contributed by atoms with E-state index in [1.165, 1.54) is 0 Å². The Morgan fingerprint density at radius 2 is 2.13 bits per heavy atom. The molecule has 1 aromatic carbocycles. The summed E-state index contributed by atoms with van der Waals surface area (Å²) in [6.45, 7) is 2.15. The van der Waals surface area contributed by atoms with Crippen molar-refractivity contribution in [1.29, 1.82) is 0 Å². The molecule has 2 rings (SSSR count). The van der Waals surface area contributed by atoms with Crippen LogP contribution in [0, 0.1) is 5.92 Å². The highest BCUT2D eigenvalue weighted by Gasteiger charge is 2.39. The highest BCUT2D eigenvalue weighted by atomic mass is 16.3. The fraction of sp³-hybridized carbons (Fsp3) is 0.500. The zero-order chi connectivity index (χ0) is 10.7. The van der Waals surface area contributed by atoms with Crippen LogP contribution in [0.15, 0.2) is 30.3 Å². The number of nitrogens with one attached hydrogen (secondary N) is 1. The summed E-state index contributed by atoms with van der Waals surface area (Å²) in [5.74, 6) is 0.105. The Balaban J connectivity index is 2.30. The average molecular weight is 206 g/mol. The van der Waals surface area contributed by atoms with Crippen molar-refractivity contribution in [3.05, 3.63) is 35.9 Å². The topological polar surface area (TPSA) is 58.3 Å². The average Bonchev–Trinajstić information content (AvgIpc) is 2.31. The summed E-state index contributed by atoms with van der Waals surface area (Å²) in [4.78, 5) is 0. The Bertz CT molecular complexity index is 315. The van der Waals surface area contributed by atoms with Crippen LogP contribution in [0.3, 0.4) is 0 Å². The smallest absolute Gasteiger partial charge is 0.0960 e. The van der Waals surface area contributed by atoms with Crippen LogP contribution in [0.5, 0.6) is 0 Å². The number of piperidine rings is 1. The monoisotopic (exact) mass is 206 g/mol. The van der Waals surface area contributed by atoms with Gasteiger partial charge in [-0.1, -0.05) is 30.3 Å². The van der Waals surface area contributed by atoms with Crippen LogP contribution < -0.4 is 11.1 Å². The van der Waals surface area contributed by atoms with E-state index in [4.69, 9.17) is 5.73 Å². The first-order chi connectivity index (χ1) is 7.27. The highest BCUT2D eigenvalue weighted by Crippen LogP contribution is 2.34. The Morgan fingerprint density at radius 1 is 1.40 bits per heavy atom. The molecule has 3 nitrogen and oxygen atoms in total. The third kappa shape index (κ3) is 1.91. The van der Waals surface area contributed by atoms with Gasteiger partial charge in [0, 0.05) is 12.5 Å². The van der Waals surface area contributed by atoms with Crippen LogP contribution >= 0.6 is 0 Å². The lowest BCUT2D eigenvalue weighted by Gasteiger charge is -2.40. The second-order valence-corrected chi connectivity index (χ2v) is 4.18. The molecule has 1 saturated heterocycles. The van der Waals surface area contributed by atoms with E-state index in [1.54, 1.807) is 0 Å². The molecule has 3 heteroatoms. The van der Waals surface area contributed by atoms with Gasteiger partial charge in [-0.2, -0.15) is 0 Å². The maximum atomic E-state index is 10.7. The Kier molecular flexibility index (Phi) is 3.05. The molecule has 82 valence electrons. The predicted molar refractivity (Wildman–Crippen MR) is 60.4 cm³/mol. The van der Waals surface area contributed by atoms with Crippen molar-refractivity contribution in [2.75, 3.05) is 19.6 Å². The van der Waals surface area contributed by atoms with E-state index in [9.17, 15) is 5.11 Å². The van der Waals surface area contributed by atoms with Gasteiger partial charge in [0.15, 0.2) is 0 Å². The van der Waals surface area contributed by atoms with Gasteiger partial charge in [0.05, 0.1) is 5.60 Å². The number of aliphatic hydroxyl groups is 1. The van der Waals surface area contributed by atoms with Gasteiger partial charge in [-0.3, -0.25) is 0 Å². The summed E-state index contributed by atoms with van der Waals surface area (Å²) >= 11 is 0. The van der Waals surface area contributed by atoms with E-state index in [0.29, 0.717) is 6.54 Å². The summed E-state index contributed by atoms with van der Waals surface area (Å²) in [5, 5.41) is 14.0. The molecule has 0 aromatic heterocycles. The first-order valence-corrected chi connectivity index (χ1v) is 5.46. The molecule has 1 aromatic rings. The summed E-state index contributed by atoms with van der Waals surface area (Å²) in [5.41, 5.74) is 5.96. The molecule has 1 heterocycles. The minimum atomic E-state index is -0.749. The van der Waals surface area contributed by atoms with Gasteiger partial charge in [0.1, 0.15) is 0 Å². The van der Waals surface area contributed by atoms with Gasteiger partial charge >= 0.3 is 0 Å². The van der Waals surface area contributed by atoms with Crippen LogP contribution in [-0.4, -0.2) is 24.7 Å². The van der Waals surface area contributed by atoms with E-state index in [2.05, 4.69) is 5.32 Å². The number of hydrogen-bond acceptors (Lipinski definition) is 3. The second-order valence-electron chi connectivity index (χ2n) is 4.18. The fourth-order valence-corrected chi connectivity index (χ4v) is 2.31. The SMILES string of the molecule is NCC1CNCCC1(O)c1ccccc1. The molecule has 0 saturated carbocycles. The van der Waals surface area contributed by atoms with E-state index >= 15 is 0 Å². The Labute approximate surface area is 90.3 Å². The van der Waals surface area contributed by atoms with Crippen molar-refractivity contribution in [2.24, 2.45) is 11.7 Å². The fourth-order valence-electron chi connectivity index (χ4n) is 2.31. The lowest BCUT2D eigenvalue weighted by atomic mass is 9.76. The van der Waals surface area contributed by atoms with Gasteiger partial charge in [0.25, 0.3) is 0 Å². The van der Waals surface area contributed by atoms with Crippen LogP contribution in [0.25, 0.3) is 0 Å². The van der Waals surface area contributed by atoms with Crippen molar-refractivity contribution in [1.82, 2.24) is 5.32 Å². The zero-order valence-electron chi connectivity index (χ0n) is 8.82. The summed E-state index contributed by atoms with van der Waals surface area (Å²) in [6, 6.07) is 9.85. The number of benzene rings is 1. The van der Waals surface area contributed by atoms with Gasteiger partial charge in [-0.05, 0) is 25.1 Å². The molecule has 15 heavy (non-hydrogen) atoms. The van der Waals surface area contributed by atoms with Crippen LogP contribution in [-0.2, 0) is 5.60 Å². The first-order valence-electron chi connectivity index (χ1n) is 5.46. The standard InChI is InChI=1S/C12H18N2O/c13-8-11-9-14-7-6-12(11,15)10-4-2-1-3-5-10/h1-5,11,14-15H,6-9,13H2. The molecule has 1 aliphatic rings. The van der Waals surface area contributed by atoms with Gasteiger partial charge in [-0.15, -0.1) is 0 Å². The summed E-state index contributed by atoms with van der Waals surface area (Å²) < 4.78 is 0. The van der Waals surface area contributed by atoms with Crippen LogP contribution in [0.1, 0.15) is 12.0 Å². The molecule has 0 aliphatic carbocycles. The van der Waals surface area contributed by atoms with Crippen LogP contribution in [0.2, 0.25) is 0 Å². The molecule has 1 fully saturated rings. The largest absolute Gasteiger partial charge is 0.385 e. The minimum absolute atomic E-state index is 0.105. The zero-order valence-corrected chi connectivity index (χ0v) is 8.82. The third-order valence-electron chi connectivity index (χ3n) is 3.31. The lowest BCUT2D eigenvalue weighted by Crippen LogP contribution is -2.51. The third-order valence-corrected chi connectivity index (χ3v) is 3.31. The number of nitrogens with two attached hydrogens (primary N) is 1. The van der Waals surface area contributed by atoms with Crippen molar-refractivity contribution in [2.45, 2.75) is 12.0 Å². The molecule has 0 radical (unpaired) electrons. The van der Waals surface area contributed by atoms with Crippen molar-refractivity contribution < 1.29 is 5.11 Å². The number of rotatable bonds is 2. The maximum Gasteiger partial charge on any atom is 0.0960 e. The van der Waals surface area contributed by atoms with Gasteiger partial charge < -0.3 is 16.2 Å². The summed E-state index contributed by atoms with van der Waals surface area (Å²) in [7, 11) is 0. The molecule has 4 N–H and O–H groups in total. The summed E-state index contributed by atoms with van der Waals surface area (Å²) in [6.07, 6.45) is 0.735.